The molecule has 0 bridgehead atoms. The highest BCUT2D eigenvalue weighted by Crippen LogP contribution is 2.27. The number of carbonyl (C=O) groups excluding carboxylic acids is 1. The molecule has 0 heterocycles. The Kier molecular flexibility index (Phi) is 8.12. The van der Waals surface area contributed by atoms with Gasteiger partial charge in [0.2, 0.25) is 0 Å². The van der Waals surface area contributed by atoms with Gasteiger partial charge in [0.15, 0.2) is 5.78 Å². The first-order valence-corrected chi connectivity index (χ1v) is 11.7. The summed E-state index contributed by atoms with van der Waals surface area (Å²) in [5.41, 5.74) is 3.15. The molecule has 0 fully saturated rings. The molecule has 0 aromatic heterocycles. The van der Waals surface area contributed by atoms with Crippen LogP contribution in [0.1, 0.15) is 36.2 Å². The van der Waals surface area contributed by atoms with Gasteiger partial charge in [0.1, 0.15) is 5.82 Å². The lowest BCUT2D eigenvalue weighted by Crippen LogP contribution is -2.31. The molecule has 2 N–H and O–H groups in total. The second-order valence-corrected chi connectivity index (χ2v) is 8.37. The number of hydrazine groups is 1. The molecule has 2 aromatic carbocycles. The maximum atomic E-state index is 13.2. The lowest BCUT2D eigenvalue weighted by molar-refractivity contribution is 0.101. The summed E-state index contributed by atoms with van der Waals surface area (Å²) in [7, 11) is 1.77. The van der Waals surface area contributed by atoms with Crippen LogP contribution in [0.5, 0.6) is 0 Å². The first kappa shape index (κ1) is 20.9. The normalized spacial score (nSPS) is 12.3. The number of hydrogen-bond donors (Lipinski definition) is 1. The number of nitrogens with zero attached hydrogens (tertiary/aromatic N) is 1. The van der Waals surface area contributed by atoms with Gasteiger partial charge in [-0.25, -0.2) is 10.2 Å². The van der Waals surface area contributed by atoms with Crippen LogP contribution in [0.4, 0.5) is 4.39 Å². The van der Waals surface area contributed by atoms with E-state index in [-0.39, 0.29) is 11.6 Å². The highest BCUT2D eigenvalue weighted by molar-refractivity contribution is 14.2. The summed E-state index contributed by atoms with van der Waals surface area (Å²) in [6, 6.07) is 11.8. The van der Waals surface area contributed by atoms with Gasteiger partial charge in [0.25, 0.3) is 0 Å². The largest absolute Gasteiger partial charge is 0.317 e. The molecule has 0 spiro atoms. The molecule has 2 aromatic rings. The van der Waals surface area contributed by atoms with Crippen LogP contribution in [0.3, 0.4) is 0 Å². The first-order chi connectivity index (χ1) is 12.4. The fourth-order valence-corrected chi connectivity index (χ4v) is 4.45. The van der Waals surface area contributed by atoms with Gasteiger partial charge in [-0.2, -0.15) is 0 Å². The lowest BCUT2D eigenvalue weighted by atomic mass is 9.95. The number of Topliss-reactive ketones (excluding diaryl/α,β-unsaturated/α-hetero) is 1. The van der Waals surface area contributed by atoms with Gasteiger partial charge in [-0.3, -0.25) is 4.79 Å². The van der Waals surface area contributed by atoms with Crippen LogP contribution < -0.4 is 5.84 Å². The van der Waals surface area contributed by atoms with Gasteiger partial charge in [0.05, 0.1) is 0 Å². The highest BCUT2D eigenvalue weighted by atomic mass is 127. The molecule has 0 aliphatic rings. The van der Waals surface area contributed by atoms with Gasteiger partial charge in [0, 0.05) is 23.6 Å². The number of rotatable bonds is 8. The molecular weight excluding hydrogens is 462 g/mol. The Bertz CT molecular complexity index is 776. The number of hydrogen-bond acceptors (Lipinski definition) is 4. The van der Waals surface area contributed by atoms with E-state index in [1.54, 1.807) is 32.1 Å². The van der Waals surface area contributed by atoms with Crippen molar-refractivity contribution in [2.75, 3.05) is 6.54 Å². The van der Waals surface area contributed by atoms with Crippen molar-refractivity contribution in [1.29, 1.82) is 0 Å². The van der Waals surface area contributed by atoms with E-state index in [2.05, 4.69) is 28.1 Å². The molecule has 0 amide bonds. The molecule has 1 unspecified atom stereocenters. The van der Waals surface area contributed by atoms with E-state index in [1.807, 2.05) is 24.4 Å². The predicted molar refractivity (Wildman–Crippen MR) is 117 cm³/mol. The molecule has 0 aliphatic carbocycles. The standard InChI is InChI=1S/C20H22FIN2OS/c1-3-18(26-22)13-24(23)11-10-15-4-9-19(14(2)25)20(12-15)16-5-7-17(21)8-6-16/h4-12,18H,3,13,23H2,1-2H3/b11-10+. The first-order valence-electron chi connectivity index (χ1n) is 8.32. The second kappa shape index (κ2) is 10.1. The molecule has 3 nitrogen and oxygen atoms in total. The molecule has 26 heavy (non-hydrogen) atoms. The third kappa shape index (κ3) is 5.82. The molecule has 0 saturated carbocycles. The van der Waals surface area contributed by atoms with E-state index in [0.717, 1.165) is 29.7 Å². The molecule has 0 radical (unpaired) electrons. The predicted octanol–water partition coefficient (Wildman–Crippen LogP) is 5.70. The van der Waals surface area contributed by atoms with Gasteiger partial charge in [-0.15, -0.1) is 0 Å². The molecular formula is C20H22FIN2OS. The summed E-state index contributed by atoms with van der Waals surface area (Å²) in [6.45, 7) is 4.44. The van der Waals surface area contributed by atoms with Crippen molar-refractivity contribution in [2.45, 2.75) is 25.5 Å². The Labute approximate surface area is 170 Å². The van der Waals surface area contributed by atoms with Crippen molar-refractivity contribution >= 4 is 42.0 Å². The fourth-order valence-electron chi connectivity index (χ4n) is 2.54. The summed E-state index contributed by atoms with van der Waals surface area (Å²) in [6.07, 6.45) is 4.81. The van der Waals surface area contributed by atoms with Crippen LogP contribution in [0, 0.1) is 5.82 Å². The summed E-state index contributed by atoms with van der Waals surface area (Å²) in [5, 5.41) is 2.15. The van der Waals surface area contributed by atoms with Gasteiger partial charge in [-0.05, 0) is 75.5 Å². The average Bonchev–Trinajstić information content (AvgIpc) is 2.64. The Balaban J connectivity index is 2.28. The Morgan fingerprint density at radius 1 is 1.31 bits per heavy atom. The van der Waals surface area contributed by atoms with Crippen LogP contribution in [-0.2, 0) is 0 Å². The monoisotopic (exact) mass is 484 g/mol. The van der Waals surface area contributed by atoms with Crippen molar-refractivity contribution in [3.63, 3.8) is 0 Å². The number of carbonyl (C=O) groups is 1. The average molecular weight is 484 g/mol. The lowest BCUT2D eigenvalue weighted by Gasteiger charge is -2.18. The number of ketones is 1. The minimum Gasteiger partial charge on any atom is -0.317 e. The molecule has 6 heteroatoms. The van der Waals surface area contributed by atoms with Crippen molar-refractivity contribution in [3.8, 4) is 11.1 Å². The summed E-state index contributed by atoms with van der Waals surface area (Å²) in [4.78, 5) is 11.9. The van der Waals surface area contributed by atoms with Crippen LogP contribution >= 0.6 is 30.1 Å². The zero-order chi connectivity index (χ0) is 19.1. The van der Waals surface area contributed by atoms with E-state index in [1.165, 1.54) is 19.1 Å². The summed E-state index contributed by atoms with van der Waals surface area (Å²) >= 11 is 2.30. The molecule has 138 valence electrons. The third-order valence-electron chi connectivity index (χ3n) is 4.03. The zero-order valence-electron chi connectivity index (χ0n) is 14.8. The van der Waals surface area contributed by atoms with E-state index in [0.29, 0.717) is 10.8 Å². The summed E-state index contributed by atoms with van der Waals surface area (Å²) in [5.74, 6) is 5.73. The van der Waals surface area contributed by atoms with Crippen LogP contribution in [0.25, 0.3) is 17.2 Å². The van der Waals surface area contributed by atoms with E-state index in [4.69, 9.17) is 5.84 Å². The maximum Gasteiger partial charge on any atom is 0.160 e. The number of halogens is 2. The van der Waals surface area contributed by atoms with E-state index in [9.17, 15) is 9.18 Å². The van der Waals surface area contributed by atoms with Crippen LogP contribution in [-0.4, -0.2) is 22.6 Å². The Morgan fingerprint density at radius 3 is 2.58 bits per heavy atom. The summed E-state index contributed by atoms with van der Waals surface area (Å²) < 4.78 is 13.2. The van der Waals surface area contributed by atoms with Crippen molar-refractivity contribution < 1.29 is 9.18 Å². The third-order valence-corrected chi connectivity index (χ3v) is 6.92. The van der Waals surface area contributed by atoms with E-state index < -0.39 is 0 Å². The van der Waals surface area contributed by atoms with Crippen molar-refractivity contribution in [2.24, 2.45) is 5.84 Å². The SMILES string of the molecule is CCC(CN(N)/C=C/c1ccc(C(C)=O)c(-c2ccc(F)cc2)c1)SI. The minimum absolute atomic E-state index is 0.0230. The maximum absolute atomic E-state index is 13.2. The topological polar surface area (TPSA) is 46.3 Å². The van der Waals surface area contributed by atoms with Gasteiger partial charge >= 0.3 is 0 Å². The fraction of sp³-hybridized carbons (Fsp3) is 0.250. The highest BCUT2D eigenvalue weighted by Gasteiger charge is 2.10. The van der Waals surface area contributed by atoms with Crippen molar-refractivity contribution in [1.82, 2.24) is 5.01 Å². The zero-order valence-corrected chi connectivity index (χ0v) is 17.8. The van der Waals surface area contributed by atoms with Crippen molar-refractivity contribution in [3.05, 3.63) is 65.6 Å². The van der Waals surface area contributed by atoms with Crippen LogP contribution in [0.2, 0.25) is 0 Å². The second-order valence-electron chi connectivity index (χ2n) is 6.00. The molecule has 0 aliphatic heterocycles. The quantitative estimate of drug-likeness (QED) is 0.226. The van der Waals surface area contributed by atoms with Gasteiger partial charge in [-0.1, -0.05) is 40.1 Å². The smallest absolute Gasteiger partial charge is 0.160 e. The molecule has 2 rings (SSSR count). The van der Waals surface area contributed by atoms with Crippen LogP contribution in [0.15, 0.2) is 48.7 Å². The minimum atomic E-state index is -0.299. The number of benzene rings is 2. The molecule has 0 saturated heterocycles. The number of nitrogens with two attached hydrogens (primary N) is 1. The van der Waals surface area contributed by atoms with Gasteiger partial charge < -0.3 is 5.01 Å². The Hall–Kier alpha value is -1.38. The Morgan fingerprint density at radius 2 is 2.00 bits per heavy atom. The molecule has 1 atom stereocenters. The van der Waals surface area contributed by atoms with E-state index >= 15 is 0 Å².